The Morgan fingerprint density at radius 2 is 1.92 bits per heavy atom. The number of amides is 1. The molecule has 0 aromatic heterocycles. The molecular formula is C10H20N2O. The van der Waals surface area contributed by atoms with Crippen molar-refractivity contribution in [3.05, 3.63) is 0 Å². The molecule has 1 N–H and O–H groups in total. The number of hydrogen-bond acceptors (Lipinski definition) is 2. The van der Waals surface area contributed by atoms with Crippen LogP contribution in [0.3, 0.4) is 0 Å². The van der Waals surface area contributed by atoms with Gasteiger partial charge >= 0.3 is 0 Å². The molecule has 0 spiro atoms. The Labute approximate surface area is 80.5 Å². The largest absolute Gasteiger partial charge is 0.343 e. The molecule has 0 unspecified atom stereocenters. The molecule has 1 amide bonds. The van der Waals surface area contributed by atoms with E-state index in [1.807, 2.05) is 11.9 Å². The maximum Gasteiger partial charge on any atom is 0.224 e. The Morgan fingerprint density at radius 1 is 1.38 bits per heavy atom. The second-order valence-corrected chi connectivity index (χ2v) is 4.40. The van der Waals surface area contributed by atoms with Crippen molar-refractivity contribution in [2.75, 3.05) is 20.1 Å². The first-order valence-corrected chi connectivity index (χ1v) is 5.02. The van der Waals surface area contributed by atoms with E-state index >= 15 is 0 Å². The summed E-state index contributed by atoms with van der Waals surface area (Å²) in [6.45, 7) is 6.03. The van der Waals surface area contributed by atoms with Gasteiger partial charge in [-0.25, -0.2) is 0 Å². The van der Waals surface area contributed by atoms with Gasteiger partial charge in [0.1, 0.15) is 0 Å². The van der Waals surface area contributed by atoms with Crippen LogP contribution < -0.4 is 5.32 Å². The van der Waals surface area contributed by atoms with Gasteiger partial charge in [-0.1, -0.05) is 0 Å². The maximum atomic E-state index is 11.7. The first-order valence-electron chi connectivity index (χ1n) is 5.02. The second-order valence-electron chi connectivity index (χ2n) is 4.40. The normalized spacial score (nSPS) is 17.9. The van der Waals surface area contributed by atoms with E-state index in [0.29, 0.717) is 6.42 Å². The molecule has 13 heavy (non-hydrogen) atoms. The summed E-state index contributed by atoms with van der Waals surface area (Å²) in [5.41, 5.74) is -0.0698. The van der Waals surface area contributed by atoms with Gasteiger partial charge in [0, 0.05) is 25.0 Å². The lowest BCUT2D eigenvalue weighted by Gasteiger charge is -2.26. The van der Waals surface area contributed by atoms with Crippen LogP contribution in [-0.2, 0) is 4.79 Å². The molecule has 0 saturated carbocycles. The van der Waals surface area contributed by atoms with Crippen molar-refractivity contribution in [3.8, 4) is 0 Å². The minimum Gasteiger partial charge on any atom is -0.343 e. The van der Waals surface area contributed by atoms with E-state index in [0.717, 1.165) is 13.1 Å². The second kappa shape index (κ2) is 4.09. The predicted octanol–water partition coefficient (Wildman–Crippen LogP) is 0.997. The van der Waals surface area contributed by atoms with Crippen molar-refractivity contribution < 1.29 is 4.79 Å². The smallest absolute Gasteiger partial charge is 0.224 e. The molecule has 3 nitrogen and oxygen atoms in total. The van der Waals surface area contributed by atoms with Gasteiger partial charge in [-0.05, 0) is 33.7 Å². The highest BCUT2D eigenvalue weighted by atomic mass is 16.2. The van der Waals surface area contributed by atoms with E-state index < -0.39 is 0 Å². The van der Waals surface area contributed by atoms with Crippen molar-refractivity contribution in [2.24, 2.45) is 0 Å². The summed E-state index contributed by atoms with van der Waals surface area (Å²) in [4.78, 5) is 13.7. The average Bonchev–Trinajstić information content (AvgIpc) is 2.55. The highest BCUT2D eigenvalue weighted by molar-refractivity contribution is 5.77. The molecule has 0 bridgehead atoms. The van der Waals surface area contributed by atoms with E-state index in [1.165, 1.54) is 12.8 Å². The number of rotatable bonds is 3. The highest BCUT2D eigenvalue weighted by Crippen LogP contribution is 2.14. The van der Waals surface area contributed by atoms with Gasteiger partial charge in [0.2, 0.25) is 5.91 Å². The van der Waals surface area contributed by atoms with Gasteiger partial charge in [-0.3, -0.25) is 4.79 Å². The van der Waals surface area contributed by atoms with Crippen LogP contribution >= 0.6 is 0 Å². The summed E-state index contributed by atoms with van der Waals surface area (Å²) in [5, 5.41) is 3.15. The lowest BCUT2D eigenvalue weighted by atomic mass is 10.0. The summed E-state index contributed by atoms with van der Waals surface area (Å²) < 4.78 is 0. The summed E-state index contributed by atoms with van der Waals surface area (Å²) in [6.07, 6.45) is 2.95. The fourth-order valence-corrected chi connectivity index (χ4v) is 1.54. The van der Waals surface area contributed by atoms with E-state index in [9.17, 15) is 4.79 Å². The SMILES string of the molecule is CNC(C)(C)CC(=O)N1CCCC1. The maximum absolute atomic E-state index is 11.7. The van der Waals surface area contributed by atoms with Crippen molar-refractivity contribution in [3.63, 3.8) is 0 Å². The summed E-state index contributed by atoms with van der Waals surface area (Å²) >= 11 is 0. The minimum absolute atomic E-state index is 0.0698. The number of nitrogens with zero attached hydrogens (tertiary/aromatic N) is 1. The van der Waals surface area contributed by atoms with Crippen LogP contribution in [0, 0.1) is 0 Å². The fourth-order valence-electron chi connectivity index (χ4n) is 1.54. The Balaban J connectivity index is 2.40. The number of nitrogens with one attached hydrogen (secondary N) is 1. The van der Waals surface area contributed by atoms with Crippen LogP contribution in [-0.4, -0.2) is 36.5 Å². The molecule has 0 aliphatic carbocycles. The van der Waals surface area contributed by atoms with Gasteiger partial charge in [0.15, 0.2) is 0 Å². The van der Waals surface area contributed by atoms with Gasteiger partial charge in [0.25, 0.3) is 0 Å². The highest BCUT2D eigenvalue weighted by Gasteiger charge is 2.24. The first-order chi connectivity index (χ1) is 6.05. The van der Waals surface area contributed by atoms with E-state index in [2.05, 4.69) is 19.2 Å². The Morgan fingerprint density at radius 3 is 2.38 bits per heavy atom. The third-order valence-corrected chi connectivity index (χ3v) is 2.73. The molecular weight excluding hydrogens is 164 g/mol. The molecule has 1 saturated heterocycles. The summed E-state index contributed by atoms with van der Waals surface area (Å²) in [7, 11) is 1.90. The number of carbonyl (C=O) groups is 1. The Bertz CT molecular complexity index is 183. The quantitative estimate of drug-likeness (QED) is 0.709. The van der Waals surface area contributed by atoms with Gasteiger partial charge in [-0.15, -0.1) is 0 Å². The van der Waals surface area contributed by atoms with Crippen molar-refractivity contribution in [1.29, 1.82) is 0 Å². The number of hydrogen-bond donors (Lipinski definition) is 1. The topological polar surface area (TPSA) is 32.3 Å². The zero-order valence-electron chi connectivity index (χ0n) is 8.89. The zero-order chi connectivity index (χ0) is 9.90. The average molecular weight is 184 g/mol. The number of likely N-dealkylation sites (tertiary alicyclic amines) is 1. The molecule has 3 heteroatoms. The molecule has 1 aliphatic heterocycles. The molecule has 0 atom stereocenters. The third kappa shape index (κ3) is 2.99. The van der Waals surface area contributed by atoms with E-state index in [1.54, 1.807) is 0 Å². The van der Waals surface area contributed by atoms with Crippen molar-refractivity contribution in [2.45, 2.75) is 38.6 Å². The Kier molecular flexibility index (Phi) is 3.31. The van der Waals surface area contributed by atoms with Gasteiger partial charge in [-0.2, -0.15) is 0 Å². The molecule has 0 aromatic rings. The van der Waals surface area contributed by atoms with Crippen LogP contribution in [0.1, 0.15) is 33.1 Å². The van der Waals surface area contributed by atoms with Crippen LogP contribution in [0.5, 0.6) is 0 Å². The molecule has 1 heterocycles. The monoisotopic (exact) mass is 184 g/mol. The lowest BCUT2D eigenvalue weighted by molar-refractivity contribution is -0.131. The van der Waals surface area contributed by atoms with Crippen molar-refractivity contribution >= 4 is 5.91 Å². The van der Waals surface area contributed by atoms with E-state index in [4.69, 9.17) is 0 Å². The zero-order valence-corrected chi connectivity index (χ0v) is 8.89. The van der Waals surface area contributed by atoms with E-state index in [-0.39, 0.29) is 11.4 Å². The Hall–Kier alpha value is -0.570. The summed E-state index contributed by atoms with van der Waals surface area (Å²) in [6, 6.07) is 0. The molecule has 1 rings (SSSR count). The van der Waals surface area contributed by atoms with Crippen LogP contribution in [0.2, 0.25) is 0 Å². The molecule has 0 aromatic carbocycles. The number of carbonyl (C=O) groups excluding carboxylic acids is 1. The fraction of sp³-hybridized carbons (Fsp3) is 0.900. The standard InChI is InChI=1S/C10H20N2O/c1-10(2,11-3)8-9(13)12-6-4-5-7-12/h11H,4-8H2,1-3H3. The van der Waals surface area contributed by atoms with Crippen LogP contribution in [0.4, 0.5) is 0 Å². The predicted molar refractivity (Wildman–Crippen MR) is 53.6 cm³/mol. The van der Waals surface area contributed by atoms with Gasteiger partial charge < -0.3 is 10.2 Å². The van der Waals surface area contributed by atoms with Crippen LogP contribution in [0.25, 0.3) is 0 Å². The molecule has 0 radical (unpaired) electrons. The van der Waals surface area contributed by atoms with Crippen LogP contribution in [0.15, 0.2) is 0 Å². The summed E-state index contributed by atoms with van der Waals surface area (Å²) in [5.74, 6) is 0.289. The third-order valence-electron chi connectivity index (χ3n) is 2.73. The van der Waals surface area contributed by atoms with Gasteiger partial charge in [0.05, 0.1) is 0 Å². The molecule has 1 fully saturated rings. The molecule has 1 aliphatic rings. The van der Waals surface area contributed by atoms with Crippen molar-refractivity contribution in [1.82, 2.24) is 10.2 Å². The molecule has 76 valence electrons. The first kappa shape index (κ1) is 10.5. The minimum atomic E-state index is -0.0698. The lowest BCUT2D eigenvalue weighted by Crippen LogP contribution is -2.42.